The summed E-state index contributed by atoms with van der Waals surface area (Å²) < 4.78 is 28.5. The summed E-state index contributed by atoms with van der Waals surface area (Å²) in [5, 5.41) is 3.21. The van der Waals surface area contributed by atoms with Crippen molar-refractivity contribution in [2.24, 2.45) is 15.7 Å². The monoisotopic (exact) mass is 405 g/mol. The van der Waals surface area contributed by atoms with Crippen LogP contribution in [0.5, 0.6) is 0 Å². The predicted molar refractivity (Wildman–Crippen MR) is 111 cm³/mol. The van der Waals surface area contributed by atoms with E-state index in [2.05, 4.69) is 44.3 Å². The zero-order valence-electron chi connectivity index (χ0n) is 17.4. The second kappa shape index (κ2) is 7.17. The second-order valence-corrected chi connectivity index (χ2v) is 11.3. The Morgan fingerprint density at radius 2 is 1.75 bits per heavy atom. The van der Waals surface area contributed by atoms with Crippen LogP contribution in [0, 0.1) is 11.3 Å². The van der Waals surface area contributed by atoms with Crippen LogP contribution in [0.4, 0.5) is 0 Å². The molecule has 6 nitrogen and oxygen atoms in total. The van der Waals surface area contributed by atoms with Crippen molar-refractivity contribution in [2.45, 2.75) is 64.3 Å². The number of amidine groups is 1. The Balaban J connectivity index is 1.63. The summed E-state index contributed by atoms with van der Waals surface area (Å²) in [7, 11) is -3.61. The summed E-state index contributed by atoms with van der Waals surface area (Å²) in [6, 6.07) is 6.93. The number of sulfonamides is 1. The van der Waals surface area contributed by atoms with E-state index < -0.39 is 10.0 Å². The third-order valence-corrected chi connectivity index (χ3v) is 6.54. The van der Waals surface area contributed by atoms with Crippen molar-refractivity contribution in [3.05, 3.63) is 29.8 Å². The first-order valence-electron chi connectivity index (χ1n) is 9.89. The average molecular weight is 406 g/mol. The van der Waals surface area contributed by atoms with Gasteiger partial charge in [0.05, 0.1) is 0 Å². The normalized spacial score (nSPS) is 19.9. The van der Waals surface area contributed by atoms with Crippen LogP contribution in [0.2, 0.25) is 0 Å². The van der Waals surface area contributed by atoms with Gasteiger partial charge in [-0.1, -0.05) is 32.9 Å². The number of rotatable bonds is 3. The topological polar surface area (TPSA) is 78.8 Å². The first-order valence-corrected chi connectivity index (χ1v) is 11.3. The molecule has 0 spiro atoms. The highest BCUT2D eigenvalue weighted by Gasteiger charge is 2.35. The number of carbonyl (C=O) groups is 1. The Morgan fingerprint density at radius 1 is 1.14 bits per heavy atom. The largest absolute Gasteiger partial charge is 0.355 e. The molecule has 2 heterocycles. The number of hydrogen-bond donors (Lipinski definition) is 1. The van der Waals surface area contributed by atoms with Gasteiger partial charge in [0.1, 0.15) is 4.90 Å². The van der Waals surface area contributed by atoms with Crippen molar-refractivity contribution >= 4 is 21.8 Å². The van der Waals surface area contributed by atoms with Gasteiger partial charge in [-0.2, -0.15) is 8.42 Å². The molecule has 154 valence electrons. The van der Waals surface area contributed by atoms with E-state index in [0.29, 0.717) is 37.3 Å². The number of likely N-dealkylation sites (tertiary alicyclic amines) is 1. The maximum atomic E-state index is 12.8. The molecule has 7 heteroatoms. The molecule has 1 amide bonds. The van der Waals surface area contributed by atoms with Gasteiger partial charge >= 0.3 is 0 Å². The van der Waals surface area contributed by atoms with Gasteiger partial charge in [-0.05, 0) is 50.7 Å². The molecule has 28 heavy (non-hydrogen) atoms. The molecule has 0 radical (unpaired) electrons. The Morgan fingerprint density at radius 3 is 2.36 bits per heavy atom. The number of piperidine rings is 1. The maximum absolute atomic E-state index is 12.8. The molecule has 1 aromatic rings. The molecule has 1 saturated heterocycles. The molecule has 0 aliphatic carbocycles. The fourth-order valence-corrected chi connectivity index (χ4v) is 5.70. The van der Waals surface area contributed by atoms with E-state index in [4.69, 9.17) is 0 Å². The van der Waals surface area contributed by atoms with Gasteiger partial charge in [-0.15, -0.1) is 4.40 Å². The molecule has 0 unspecified atom stereocenters. The summed E-state index contributed by atoms with van der Waals surface area (Å²) in [6.07, 6.45) is 2.29. The summed E-state index contributed by atoms with van der Waals surface area (Å²) >= 11 is 0. The van der Waals surface area contributed by atoms with Crippen LogP contribution in [-0.4, -0.2) is 43.7 Å². The van der Waals surface area contributed by atoms with Gasteiger partial charge < -0.3 is 10.2 Å². The number of hydrogen-bond acceptors (Lipinski definition) is 4. The lowest BCUT2D eigenvalue weighted by Gasteiger charge is -2.37. The predicted octanol–water partition coefficient (Wildman–Crippen LogP) is 3.18. The van der Waals surface area contributed by atoms with Gasteiger partial charge in [0.15, 0.2) is 5.84 Å². The SMILES string of the molecule is CC(C)(C)CC(C)(C)NC(=O)C1CCN(C2=NS(=O)(=O)c3ccccc32)CC1. The number of amides is 1. The number of carbonyl (C=O) groups excluding carboxylic acids is 1. The van der Waals surface area contributed by atoms with Crippen molar-refractivity contribution in [3.63, 3.8) is 0 Å². The number of nitrogens with zero attached hydrogens (tertiary/aromatic N) is 2. The number of fused-ring (bicyclic) bond motifs is 1. The minimum absolute atomic E-state index is 0.0515. The van der Waals surface area contributed by atoms with Gasteiger partial charge in [-0.3, -0.25) is 4.79 Å². The highest BCUT2D eigenvalue weighted by Crippen LogP contribution is 2.31. The third kappa shape index (κ3) is 4.57. The number of benzene rings is 1. The molecule has 0 bridgehead atoms. The van der Waals surface area contributed by atoms with Crippen LogP contribution in [0.1, 0.15) is 59.4 Å². The molecule has 2 aliphatic heterocycles. The van der Waals surface area contributed by atoms with Crippen LogP contribution < -0.4 is 5.32 Å². The fourth-order valence-electron chi connectivity index (χ4n) is 4.48. The van der Waals surface area contributed by atoms with Gasteiger partial charge in [0.25, 0.3) is 10.0 Å². The second-order valence-electron chi connectivity index (χ2n) is 9.76. The lowest BCUT2D eigenvalue weighted by molar-refractivity contribution is -0.128. The highest BCUT2D eigenvalue weighted by atomic mass is 32.2. The molecule has 0 aromatic heterocycles. The molecule has 1 N–H and O–H groups in total. The number of nitrogens with one attached hydrogen (secondary N) is 1. The molecule has 0 atom stereocenters. The highest BCUT2D eigenvalue weighted by molar-refractivity contribution is 7.90. The van der Waals surface area contributed by atoms with Crippen molar-refractivity contribution in [1.29, 1.82) is 0 Å². The summed E-state index contributed by atoms with van der Waals surface area (Å²) in [4.78, 5) is 15.0. The van der Waals surface area contributed by atoms with Gasteiger partial charge in [0.2, 0.25) is 5.91 Å². The Hall–Kier alpha value is -1.89. The Labute approximate surface area is 168 Å². The van der Waals surface area contributed by atoms with Crippen molar-refractivity contribution in [3.8, 4) is 0 Å². The van der Waals surface area contributed by atoms with E-state index in [0.717, 1.165) is 6.42 Å². The molecule has 1 aromatic carbocycles. The molecule has 0 saturated carbocycles. The Kier molecular flexibility index (Phi) is 5.34. The quantitative estimate of drug-likeness (QED) is 0.838. The van der Waals surface area contributed by atoms with E-state index in [1.165, 1.54) is 0 Å². The lowest BCUT2D eigenvalue weighted by Crippen LogP contribution is -2.50. The van der Waals surface area contributed by atoms with Crippen LogP contribution >= 0.6 is 0 Å². The first kappa shape index (κ1) is 20.8. The summed E-state index contributed by atoms with van der Waals surface area (Å²) in [5.74, 6) is 0.558. The molecular formula is C21H31N3O3S. The van der Waals surface area contributed by atoms with E-state index in [1.807, 2.05) is 11.0 Å². The van der Waals surface area contributed by atoms with Gasteiger partial charge in [-0.25, -0.2) is 0 Å². The fraction of sp³-hybridized carbons (Fsp3) is 0.619. The van der Waals surface area contributed by atoms with Crippen LogP contribution in [-0.2, 0) is 14.8 Å². The molecule has 1 fully saturated rings. The third-order valence-electron chi connectivity index (χ3n) is 5.21. The van der Waals surface area contributed by atoms with Crippen LogP contribution in [0.25, 0.3) is 0 Å². The van der Waals surface area contributed by atoms with Gasteiger partial charge in [0, 0.05) is 30.1 Å². The van der Waals surface area contributed by atoms with E-state index in [9.17, 15) is 13.2 Å². The summed E-state index contributed by atoms with van der Waals surface area (Å²) in [6.45, 7) is 11.9. The minimum Gasteiger partial charge on any atom is -0.355 e. The minimum atomic E-state index is -3.61. The summed E-state index contributed by atoms with van der Waals surface area (Å²) in [5.41, 5.74) is 0.547. The maximum Gasteiger partial charge on any atom is 0.285 e. The van der Waals surface area contributed by atoms with Crippen LogP contribution in [0.3, 0.4) is 0 Å². The van der Waals surface area contributed by atoms with Crippen molar-refractivity contribution in [2.75, 3.05) is 13.1 Å². The average Bonchev–Trinajstić information content (AvgIpc) is 2.84. The zero-order valence-corrected chi connectivity index (χ0v) is 18.3. The van der Waals surface area contributed by atoms with Crippen molar-refractivity contribution in [1.82, 2.24) is 10.2 Å². The van der Waals surface area contributed by atoms with E-state index in [1.54, 1.807) is 18.2 Å². The smallest absolute Gasteiger partial charge is 0.285 e. The standard InChI is InChI=1S/C21H31N3O3S/c1-20(2,3)14-21(4,5)22-19(25)15-10-12-24(13-11-15)18-16-8-6-7-9-17(16)28(26,27)23-18/h6-9,15H,10-14H2,1-5H3,(H,22,25). The Bertz CT molecular complexity index is 890. The molecule has 2 aliphatic rings. The van der Waals surface area contributed by atoms with E-state index >= 15 is 0 Å². The first-order chi connectivity index (χ1) is 12.9. The molecular weight excluding hydrogens is 374 g/mol. The molecule has 3 rings (SSSR count). The van der Waals surface area contributed by atoms with Crippen LogP contribution in [0.15, 0.2) is 33.6 Å². The lowest BCUT2D eigenvalue weighted by atomic mass is 9.81. The zero-order chi connectivity index (χ0) is 20.7. The van der Waals surface area contributed by atoms with E-state index in [-0.39, 0.29) is 27.7 Å². The van der Waals surface area contributed by atoms with Crippen molar-refractivity contribution < 1.29 is 13.2 Å².